The molecule has 6 nitrogen and oxygen atoms in total. The van der Waals surface area contributed by atoms with E-state index in [-0.39, 0.29) is 16.9 Å². The molecule has 2 aliphatic rings. The predicted molar refractivity (Wildman–Crippen MR) is 126 cm³/mol. The number of fused-ring (bicyclic) bond motifs is 2. The first kappa shape index (κ1) is 20.7. The zero-order valence-electron chi connectivity index (χ0n) is 18.1. The van der Waals surface area contributed by atoms with Crippen molar-refractivity contribution in [1.29, 1.82) is 0 Å². The molecule has 6 heteroatoms. The summed E-state index contributed by atoms with van der Waals surface area (Å²) in [6.07, 6.45) is 7.79. The number of benzene rings is 2. The summed E-state index contributed by atoms with van der Waals surface area (Å²) in [6, 6.07) is 14.1. The smallest absolute Gasteiger partial charge is 0.250 e. The molecule has 3 atom stereocenters. The van der Waals surface area contributed by atoms with E-state index >= 15 is 0 Å². The monoisotopic (exact) mass is 428 g/mol. The molecule has 1 amide bonds. The third kappa shape index (κ3) is 3.02. The minimum absolute atomic E-state index is 0.0170. The Morgan fingerprint density at radius 1 is 1.28 bits per heavy atom. The van der Waals surface area contributed by atoms with Gasteiger partial charge in [-0.05, 0) is 43.1 Å². The van der Waals surface area contributed by atoms with Gasteiger partial charge in [-0.2, -0.15) is 5.10 Å². The Balaban J connectivity index is 1.47. The number of rotatable bonds is 8. The summed E-state index contributed by atoms with van der Waals surface area (Å²) in [5, 5.41) is 9.08. The lowest BCUT2D eigenvalue weighted by molar-refractivity contribution is 0.0353. The third-order valence-corrected chi connectivity index (χ3v) is 7.25. The molecule has 2 heterocycles. The van der Waals surface area contributed by atoms with Gasteiger partial charge in [-0.3, -0.25) is 4.79 Å². The number of nitrogens with zero attached hydrogens (tertiary/aromatic N) is 2. The molecule has 2 aromatic carbocycles. The average molecular weight is 429 g/mol. The topological polar surface area (TPSA) is 82.2 Å². The number of hydrogen-bond donors (Lipinski definition) is 2. The number of primary amides is 1. The molecule has 1 aliphatic carbocycles. The predicted octanol–water partition coefficient (Wildman–Crippen LogP) is 3.50. The van der Waals surface area contributed by atoms with Crippen LogP contribution in [-0.4, -0.2) is 41.5 Å². The molecular weight excluding hydrogens is 400 g/mol. The first-order chi connectivity index (χ1) is 15.5. The normalized spacial score (nSPS) is 25.1. The lowest BCUT2D eigenvalue weighted by Gasteiger charge is -2.36. The molecular formula is C26H28N4O2. The van der Waals surface area contributed by atoms with Gasteiger partial charge in [0.15, 0.2) is 0 Å². The van der Waals surface area contributed by atoms with Crippen LogP contribution in [0.25, 0.3) is 16.6 Å². The standard InChI is InChI=1S/C26H28N4O2/c1-3-14-32-22(4-2)26-16-25(26,12-13-28-17-26)19-8-10-20(11-9-19)30-15-18-6-5-7-21(24(27)31)23(18)29-30/h3-11,15,22,28H,1-2,12-14,16-17H2,(H2,27,31). The molecule has 32 heavy (non-hydrogen) atoms. The van der Waals surface area contributed by atoms with E-state index in [2.05, 4.69) is 47.8 Å². The average Bonchev–Trinajstić information content (AvgIpc) is 3.33. The summed E-state index contributed by atoms with van der Waals surface area (Å²) in [4.78, 5) is 11.7. The number of ether oxygens (including phenoxy) is 1. The molecule has 1 aliphatic heterocycles. The maximum Gasteiger partial charge on any atom is 0.250 e. The third-order valence-electron chi connectivity index (χ3n) is 7.25. The minimum atomic E-state index is -0.471. The van der Waals surface area contributed by atoms with Crippen LogP contribution in [0.3, 0.4) is 0 Å². The lowest BCUT2D eigenvalue weighted by atomic mass is 9.78. The van der Waals surface area contributed by atoms with E-state index in [0.29, 0.717) is 17.7 Å². The van der Waals surface area contributed by atoms with Crippen molar-refractivity contribution in [2.75, 3.05) is 19.7 Å². The second-order valence-corrected chi connectivity index (χ2v) is 8.85. The highest BCUT2D eigenvalue weighted by atomic mass is 16.5. The molecule has 3 aromatic rings. The molecule has 0 radical (unpaired) electrons. The number of hydrogen-bond acceptors (Lipinski definition) is 4. The molecule has 0 bridgehead atoms. The van der Waals surface area contributed by atoms with Crippen LogP contribution in [0, 0.1) is 5.41 Å². The Kier molecular flexibility index (Phi) is 4.99. The van der Waals surface area contributed by atoms with Gasteiger partial charge in [0.05, 0.1) is 24.0 Å². The van der Waals surface area contributed by atoms with Crippen LogP contribution >= 0.6 is 0 Å². The Labute approximate surface area is 187 Å². The zero-order chi connectivity index (χ0) is 22.3. The van der Waals surface area contributed by atoms with Crippen molar-refractivity contribution in [3.05, 3.63) is 85.1 Å². The molecule has 3 unspecified atom stereocenters. The number of aromatic nitrogens is 2. The fraction of sp³-hybridized carbons (Fsp3) is 0.308. The van der Waals surface area contributed by atoms with E-state index in [1.165, 1.54) is 5.56 Å². The zero-order valence-corrected chi connectivity index (χ0v) is 18.1. The van der Waals surface area contributed by atoms with Crippen LogP contribution in [-0.2, 0) is 10.2 Å². The van der Waals surface area contributed by atoms with Gasteiger partial charge in [0.2, 0.25) is 0 Å². The van der Waals surface area contributed by atoms with Crippen LogP contribution < -0.4 is 11.1 Å². The van der Waals surface area contributed by atoms with Crippen LogP contribution in [0.5, 0.6) is 0 Å². The van der Waals surface area contributed by atoms with E-state index in [1.807, 2.05) is 24.4 Å². The second kappa shape index (κ2) is 7.73. The fourth-order valence-corrected chi connectivity index (χ4v) is 5.62. The summed E-state index contributed by atoms with van der Waals surface area (Å²) in [6.45, 7) is 10.3. The van der Waals surface area contributed by atoms with Gasteiger partial charge in [0, 0.05) is 29.0 Å². The first-order valence-electron chi connectivity index (χ1n) is 11.0. The highest BCUT2D eigenvalue weighted by Crippen LogP contribution is 2.70. The highest BCUT2D eigenvalue weighted by Gasteiger charge is 2.71. The molecule has 164 valence electrons. The maximum absolute atomic E-state index is 11.7. The number of carbonyl (C=O) groups excluding carboxylic acids is 1. The number of nitrogens with one attached hydrogen (secondary N) is 1. The Morgan fingerprint density at radius 3 is 2.81 bits per heavy atom. The fourth-order valence-electron chi connectivity index (χ4n) is 5.62. The Morgan fingerprint density at radius 2 is 2.09 bits per heavy atom. The van der Waals surface area contributed by atoms with E-state index < -0.39 is 5.91 Å². The summed E-state index contributed by atoms with van der Waals surface area (Å²) < 4.78 is 7.91. The number of piperidine rings is 1. The van der Waals surface area contributed by atoms with Crippen molar-refractivity contribution in [2.45, 2.75) is 24.4 Å². The van der Waals surface area contributed by atoms with Crippen molar-refractivity contribution in [3.8, 4) is 5.69 Å². The van der Waals surface area contributed by atoms with Crippen molar-refractivity contribution < 1.29 is 9.53 Å². The number of nitrogens with two attached hydrogens (primary N) is 1. The molecule has 1 saturated carbocycles. The largest absolute Gasteiger partial charge is 0.369 e. The van der Waals surface area contributed by atoms with Crippen LogP contribution in [0.2, 0.25) is 0 Å². The molecule has 3 N–H and O–H groups in total. The van der Waals surface area contributed by atoms with Gasteiger partial charge < -0.3 is 15.8 Å². The van der Waals surface area contributed by atoms with Gasteiger partial charge in [0.1, 0.15) is 5.52 Å². The van der Waals surface area contributed by atoms with Crippen LogP contribution in [0.15, 0.2) is 74.0 Å². The van der Waals surface area contributed by atoms with Crippen molar-refractivity contribution in [2.24, 2.45) is 11.1 Å². The maximum atomic E-state index is 11.7. The van der Waals surface area contributed by atoms with Gasteiger partial charge in [-0.15, -0.1) is 13.2 Å². The van der Waals surface area contributed by atoms with Crippen molar-refractivity contribution in [3.63, 3.8) is 0 Å². The van der Waals surface area contributed by atoms with Crippen LogP contribution in [0.1, 0.15) is 28.8 Å². The van der Waals surface area contributed by atoms with E-state index in [1.54, 1.807) is 16.8 Å². The van der Waals surface area contributed by atoms with Crippen molar-refractivity contribution in [1.82, 2.24) is 15.1 Å². The summed E-state index contributed by atoms with van der Waals surface area (Å²) in [7, 11) is 0. The van der Waals surface area contributed by atoms with E-state index in [4.69, 9.17) is 10.5 Å². The minimum Gasteiger partial charge on any atom is -0.369 e. The SMILES string of the molecule is C=CCOC(C=C)C12CNCCC1(c1ccc(-n3cc4cccc(C(N)=O)c4n3)cc1)C2. The molecule has 2 fully saturated rings. The Hall–Kier alpha value is -3.22. The summed E-state index contributed by atoms with van der Waals surface area (Å²) in [5.74, 6) is -0.471. The number of amides is 1. The lowest BCUT2D eigenvalue weighted by Crippen LogP contribution is -2.45. The molecule has 1 aromatic heterocycles. The number of carbonyl (C=O) groups is 1. The molecule has 5 rings (SSSR count). The van der Waals surface area contributed by atoms with Gasteiger partial charge in [-0.1, -0.05) is 36.4 Å². The van der Waals surface area contributed by atoms with E-state index in [9.17, 15) is 4.79 Å². The van der Waals surface area contributed by atoms with Gasteiger partial charge in [-0.25, -0.2) is 4.68 Å². The Bertz CT molecular complexity index is 1200. The van der Waals surface area contributed by atoms with Gasteiger partial charge >= 0.3 is 0 Å². The van der Waals surface area contributed by atoms with Crippen LogP contribution in [0.4, 0.5) is 0 Å². The summed E-state index contributed by atoms with van der Waals surface area (Å²) in [5.41, 5.74) is 8.95. The van der Waals surface area contributed by atoms with Crippen molar-refractivity contribution >= 4 is 16.8 Å². The quantitative estimate of drug-likeness (QED) is 0.538. The highest BCUT2D eigenvalue weighted by molar-refractivity contribution is 6.04. The first-order valence-corrected chi connectivity index (χ1v) is 11.0. The van der Waals surface area contributed by atoms with E-state index in [0.717, 1.165) is 37.0 Å². The second-order valence-electron chi connectivity index (χ2n) is 8.85. The molecule has 1 saturated heterocycles. The van der Waals surface area contributed by atoms with Gasteiger partial charge in [0.25, 0.3) is 5.91 Å². The molecule has 0 spiro atoms. The summed E-state index contributed by atoms with van der Waals surface area (Å²) >= 11 is 0.